The van der Waals surface area contributed by atoms with Crippen molar-refractivity contribution in [2.24, 2.45) is 0 Å². The molecule has 6 rings (SSSR count). The lowest BCUT2D eigenvalue weighted by atomic mass is 9.98. The average Bonchev–Trinajstić information content (AvgIpc) is 3.35. The van der Waals surface area contributed by atoms with Gasteiger partial charge in [0.15, 0.2) is 29.4 Å². The highest BCUT2D eigenvalue weighted by Crippen LogP contribution is 2.37. The number of nitrogens with zero attached hydrogens (tertiary/aromatic N) is 4. The predicted octanol–water partition coefficient (Wildman–Crippen LogP) is 3.47. The number of hydrogen-bond donors (Lipinski definition) is 1. The van der Waals surface area contributed by atoms with Gasteiger partial charge in [0.1, 0.15) is 18.5 Å². The topological polar surface area (TPSA) is 100 Å². The molecule has 4 heterocycles. The minimum Gasteiger partial charge on any atom is -0.371 e. The second kappa shape index (κ2) is 9.14. The fourth-order valence-corrected chi connectivity index (χ4v) is 4.48. The third kappa shape index (κ3) is 4.05. The molecule has 0 radical (unpaired) electrons. The van der Waals surface area contributed by atoms with Crippen LogP contribution in [0.5, 0.6) is 0 Å². The van der Waals surface area contributed by atoms with Crippen LogP contribution in [0.15, 0.2) is 73.3 Å². The maximum absolute atomic E-state index is 15.9. The molecular weight excluding hydrogens is 453 g/mol. The minimum atomic E-state index is -1.39. The molecule has 2 saturated heterocycles. The number of hydrogen-bond acceptors (Lipinski definition) is 7. The van der Waals surface area contributed by atoms with E-state index in [1.54, 1.807) is 28.8 Å². The molecule has 2 aromatic carbocycles. The number of nitrogens with one attached hydrogen (secondary N) is 1. The normalized spacial score (nSPS) is 26.3. The molecule has 5 unspecified atom stereocenters. The molecule has 2 fully saturated rings. The molecule has 1 amide bonds. The second-order valence-electron chi connectivity index (χ2n) is 8.43. The summed E-state index contributed by atoms with van der Waals surface area (Å²) in [6.07, 6.45) is -0.571. The van der Waals surface area contributed by atoms with Crippen LogP contribution in [-0.2, 0) is 14.2 Å². The van der Waals surface area contributed by atoms with E-state index in [-0.39, 0.29) is 24.9 Å². The zero-order valence-corrected chi connectivity index (χ0v) is 18.5. The molecule has 0 aliphatic carbocycles. The number of ether oxygens (including phenoxy) is 3. The van der Waals surface area contributed by atoms with Crippen molar-refractivity contribution in [1.82, 2.24) is 19.5 Å². The highest BCUT2D eigenvalue weighted by molar-refractivity contribution is 6.06. The summed E-state index contributed by atoms with van der Waals surface area (Å²) < 4.78 is 35.2. The molecule has 2 aromatic heterocycles. The summed E-state index contributed by atoms with van der Waals surface area (Å²) >= 11 is 0. The number of carbonyl (C=O) groups excluding carboxylic acids is 1. The van der Waals surface area contributed by atoms with E-state index in [9.17, 15) is 4.79 Å². The molecule has 4 aromatic rings. The summed E-state index contributed by atoms with van der Waals surface area (Å²) in [6.45, 7) is 0.339. The van der Waals surface area contributed by atoms with Crippen molar-refractivity contribution in [3.8, 4) is 0 Å². The number of carbonyl (C=O) groups is 1. The van der Waals surface area contributed by atoms with E-state index >= 15 is 4.39 Å². The number of benzene rings is 2. The van der Waals surface area contributed by atoms with Crippen molar-refractivity contribution in [3.05, 3.63) is 84.4 Å². The van der Waals surface area contributed by atoms with E-state index in [0.717, 1.165) is 5.56 Å². The predicted molar refractivity (Wildman–Crippen MR) is 123 cm³/mol. The van der Waals surface area contributed by atoms with Crippen molar-refractivity contribution in [3.63, 3.8) is 0 Å². The lowest BCUT2D eigenvalue weighted by molar-refractivity contribution is -0.298. The van der Waals surface area contributed by atoms with Crippen LogP contribution in [0.4, 0.5) is 10.2 Å². The SMILES string of the molecule is O=C(Nc1ncnc2c1ncn2C1COC2COC(c3ccccc3)OC2C1F)c1ccccc1. The first-order valence-corrected chi connectivity index (χ1v) is 11.3. The third-order valence-corrected chi connectivity index (χ3v) is 6.28. The Morgan fingerprint density at radius 3 is 2.54 bits per heavy atom. The lowest BCUT2D eigenvalue weighted by Crippen LogP contribution is -2.54. The van der Waals surface area contributed by atoms with Crippen LogP contribution in [0.2, 0.25) is 0 Å². The zero-order valence-electron chi connectivity index (χ0n) is 18.5. The molecule has 5 atom stereocenters. The van der Waals surface area contributed by atoms with E-state index in [1.807, 2.05) is 36.4 Å². The van der Waals surface area contributed by atoms with Crippen molar-refractivity contribution in [2.75, 3.05) is 18.5 Å². The maximum atomic E-state index is 15.9. The van der Waals surface area contributed by atoms with Crippen molar-refractivity contribution in [2.45, 2.75) is 30.7 Å². The molecule has 0 saturated carbocycles. The number of amides is 1. The molecule has 9 nitrogen and oxygen atoms in total. The van der Waals surface area contributed by atoms with Gasteiger partial charge in [0.2, 0.25) is 0 Å². The Balaban J connectivity index is 1.25. The number of anilines is 1. The third-order valence-electron chi connectivity index (χ3n) is 6.28. The molecule has 35 heavy (non-hydrogen) atoms. The number of rotatable bonds is 4. The van der Waals surface area contributed by atoms with Crippen LogP contribution in [0.25, 0.3) is 11.2 Å². The smallest absolute Gasteiger partial charge is 0.256 e. The van der Waals surface area contributed by atoms with E-state index < -0.39 is 30.7 Å². The van der Waals surface area contributed by atoms with Gasteiger partial charge in [-0.25, -0.2) is 19.3 Å². The fourth-order valence-electron chi connectivity index (χ4n) is 4.48. The van der Waals surface area contributed by atoms with Gasteiger partial charge in [-0.05, 0) is 12.1 Å². The van der Waals surface area contributed by atoms with Gasteiger partial charge in [-0.1, -0.05) is 48.5 Å². The van der Waals surface area contributed by atoms with Gasteiger partial charge in [0.05, 0.1) is 25.6 Å². The second-order valence-corrected chi connectivity index (χ2v) is 8.43. The Morgan fingerprint density at radius 1 is 0.971 bits per heavy atom. The molecule has 0 spiro atoms. The molecule has 178 valence electrons. The summed E-state index contributed by atoms with van der Waals surface area (Å²) in [5.74, 6) is -0.0750. The monoisotopic (exact) mass is 475 g/mol. The van der Waals surface area contributed by atoms with Crippen molar-refractivity contribution >= 4 is 22.9 Å². The van der Waals surface area contributed by atoms with Crippen LogP contribution in [0.3, 0.4) is 0 Å². The zero-order chi connectivity index (χ0) is 23.8. The van der Waals surface area contributed by atoms with Gasteiger partial charge < -0.3 is 24.1 Å². The first-order chi connectivity index (χ1) is 17.2. The van der Waals surface area contributed by atoms with Crippen LogP contribution in [0, 0.1) is 0 Å². The van der Waals surface area contributed by atoms with E-state index in [1.165, 1.54) is 12.7 Å². The van der Waals surface area contributed by atoms with E-state index in [4.69, 9.17) is 14.2 Å². The number of alkyl halides is 1. The number of imidazole rings is 1. The Labute approximate surface area is 199 Å². The highest BCUT2D eigenvalue weighted by Gasteiger charge is 2.47. The standard InChI is InChI=1S/C25H22FN5O4/c26-19-17(11-33-18-12-34-25(35-21(18)19)16-9-5-2-6-10-16)31-14-29-20-22(27-13-28-23(20)31)30-24(32)15-7-3-1-4-8-15/h1-10,13-14,17-19,21,25H,11-12H2,(H,27,28,30,32). The van der Waals surface area contributed by atoms with Gasteiger partial charge in [-0.2, -0.15) is 0 Å². The lowest BCUT2D eigenvalue weighted by Gasteiger charge is -2.44. The summed E-state index contributed by atoms with van der Waals surface area (Å²) in [5, 5.41) is 2.77. The van der Waals surface area contributed by atoms with Gasteiger partial charge in [-0.3, -0.25) is 4.79 Å². The Kier molecular flexibility index (Phi) is 5.69. The number of aromatic nitrogens is 4. The number of halogens is 1. The highest BCUT2D eigenvalue weighted by atomic mass is 19.1. The van der Waals surface area contributed by atoms with Gasteiger partial charge in [0, 0.05) is 11.1 Å². The van der Waals surface area contributed by atoms with Gasteiger partial charge in [0.25, 0.3) is 5.91 Å². The van der Waals surface area contributed by atoms with Crippen molar-refractivity contribution < 1.29 is 23.4 Å². The molecule has 0 bridgehead atoms. The Bertz CT molecular complexity index is 1340. The van der Waals surface area contributed by atoms with E-state index in [2.05, 4.69) is 20.3 Å². The summed E-state index contributed by atoms with van der Waals surface area (Å²) in [7, 11) is 0. The summed E-state index contributed by atoms with van der Waals surface area (Å²) in [6, 6.07) is 17.5. The molecule has 10 heteroatoms. The molecule has 1 N–H and O–H groups in total. The first-order valence-electron chi connectivity index (χ1n) is 11.3. The van der Waals surface area contributed by atoms with Crippen LogP contribution in [0.1, 0.15) is 28.3 Å². The van der Waals surface area contributed by atoms with E-state index in [0.29, 0.717) is 16.7 Å². The quantitative estimate of drug-likeness (QED) is 0.482. The summed E-state index contributed by atoms with van der Waals surface area (Å²) in [5.41, 5.74) is 2.06. The van der Waals surface area contributed by atoms with Crippen LogP contribution < -0.4 is 5.32 Å². The Hall–Kier alpha value is -3.73. The molecule has 2 aliphatic rings. The summed E-state index contributed by atoms with van der Waals surface area (Å²) in [4.78, 5) is 25.5. The van der Waals surface area contributed by atoms with Crippen LogP contribution in [-0.4, -0.2) is 57.0 Å². The number of fused-ring (bicyclic) bond motifs is 2. The molecule has 2 aliphatic heterocycles. The van der Waals surface area contributed by atoms with Crippen LogP contribution >= 0.6 is 0 Å². The maximum Gasteiger partial charge on any atom is 0.256 e. The molecular formula is C25H22FN5O4. The fraction of sp³-hybridized carbons (Fsp3) is 0.280. The van der Waals surface area contributed by atoms with Crippen molar-refractivity contribution in [1.29, 1.82) is 0 Å². The van der Waals surface area contributed by atoms with Gasteiger partial charge >= 0.3 is 0 Å². The minimum absolute atomic E-state index is 0.103. The Morgan fingerprint density at radius 2 is 1.74 bits per heavy atom. The average molecular weight is 475 g/mol. The first kappa shape index (κ1) is 21.8. The largest absolute Gasteiger partial charge is 0.371 e. The van der Waals surface area contributed by atoms with Gasteiger partial charge in [-0.15, -0.1) is 0 Å².